The number of carbonyl (C=O) groups excluding carboxylic acids is 1. The molecule has 2 aliphatic rings. The van der Waals surface area contributed by atoms with Crippen LogP contribution in [0.25, 0.3) is 0 Å². The minimum absolute atomic E-state index is 0.0202. The number of aryl methyl sites for hydroxylation is 1. The smallest absolute Gasteiger partial charge is 0.311 e. The molecule has 2 amide bonds. The molecule has 2 aromatic rings. The fourth-order valence-electron chi connectivity index (χ4n) is 4.07. The van der Waals surface area contributed by atoms with Gasteiger partial charge in [-0.05, 0) is 50.3 Å². The Labute approximate surface area is 196 Å². The van der Waals surface area contributed by atoms with Crippen molar-refractivity contribution in [3.05, 3.63) is 60.3 Å². The predicted molar refractivity (Wildman–Crippen MR) is 126 cm³/mol. The molecule has 1 heterocycles. The van der Waals surface area contributed by atoms with Crippen LogP contribution in [-0.4, -0.2) is 34.8 Å². The Kier molecular flexibility index (Phi) is 8.39. The fourth-order valence-corrected chi connectivity index (χ4v) is 4.37. The molecule has 32 heavy (non-hydrogen) atoms. The number of urea groups is 1. The van der Waals surface area contributed by atoms with Crippen molar-refractivity contribution in [3.63, 3.8) is 0 Å². The first kappa shape index (κ1) is 24.4. The zero-order valence-corrected chi connectivity index (χ0v) is 19.8. The summed E-state index contributed by atoms with van der Waals surface area (Å²) in [6.45, 7) is 0. The van der Waals surface area contributed by atoms with Gasteiger partial charge in [-0.2, -0.15) is 0 Å². The molecule has 0 unspecified atom stereocenters. The first-order valence-corrected chi connectivity index (χ1v) is 11.5. The lowest BCUT2D eigenvalue weighted by Crippen LogP contribution is -2.40. The van der Waals surface area contributed by atoms with Gasteiger partial charge in [0.1, 0.15) is 0 Å². The molecule has 1 aromatic heterocycles. The minimum atomic E-state index is -0.393. The molecule has 10 heteroatoms. The van der Waals surface area contributed by atoms with Crippen LogP contribution in [0.5, 0.6) is 0 Å². The minimum Gasteiger partial charge on any atom is -0.311 e. The average molecular weight is 483 g/mol. The molecular weight excluding hydrogens is 455 g/mol. The van der Waals surface area contributed by atoms with E-state index in [1.165, 1.54) is 25.1 Å². The second-order valence-corrected chi connectivity index (χ2v) is 8.76. The highest BCUT2D eigenvalue weighted by atomic mass is 35.5. The number of amides is 2. The van der Waals surface area contributed by atoms with Crippen LogP contribution in [0.4, 0.5) is 10.5 Å². The molecule has 2 aliphatic carbocycles. The highest BCUT2D eigenvalue weighted by Gasteiger charge is 2.24. The lowest BCUT2D eigenvalue weighted by Gasteiger charge is -2.23. The largest absolute Gasteiger partial charge is 0.345 e. The van der Waals surface area contributed by atoms with Crippen LogP contribution in [0, 0.1) is 0 Å². The number of rotatable bonds is 3. The number of fused-ring (bicyclic) bond motifs is 1. The second-order valence-electron chi connectivity index (χ2n) is 7.95. The average Bonchev–Trinajstić information content (AvgIpc) is 3.25. The van der Waals surface area contributed by atoms with Crippen LogP contribution in [0.2, 0.25) is 10.0 Å². The van der Waals surface area contributed by atoms with Gasteiger partial charge in [-0.3, -0.25) is 14.2 Å². The summed E-state index contributed by atoms with van der Waals surface area (Å²) in [4.78, 5) is 43.3. The summed E-state index contributed by atoms with van der Waals surface area (Å²) in [6, 6.07) is 4.55. The molecule has 0 atom stereocenters. The van der Waals surface area contributed by atoms with Crippen LogP contribution in [0.3, 0.4) is 0 Å². The fraction of sp³-hybridized carbons (Fsp3) is 0.500. The van der Waals surface area contributed by atoms with Crippen molar-refractivity contribution in [1.82, 2.24) is 14.6 Å². The van der Waals surface area contributed by atoms with E-state index in [9.17, 15) is 14.4 Å². The van der Waals surface area contributed by atoms with Crippen molar-refractivity contribution in [1.29, 1.82) is 0 Å². The van der Waals surface area contributed by atoms with Gasteiger partial charge in [0.05, 0.1) is 17.2 Å². The van der Waals surface area contributed by atoms with E-state index < -0.39 is 6.03 Å². The molecule has 8 nitrogen and oxygen atoms in total. The Balaban J connectivity index is 0.000000183. The number of hydrogen-bond donors (Lipinski definition) is 2. The molecule has 1 aromatic carbocycles. The number of H-pyrrole nitrogens is 1. The first-order chi connectivity index (χ1) is 15.3. The van der Waals surface area contributed by atoms with Crippen molar-refractivity contribution in [2.24, 2.45) is 0 Å². The number of anilines is 1. The number of benzene rings is 1. The SMILES string of the molecule is CON(C)C(=O)Nc1ccc(Cl)c(Cl)c1.O=c1[nH]c2c(c(=O)n1C1CCCCC1)CCC2. The molecule has 174 valence electrons. The van der Waals surface area contributed by atoms with E-state index in [1.54, 1.807) is 18.2 Å². The van der Waals surface area contributed by atoms with E-state index >= 15 is 0 Å². The maximum absolute atomic E-state index is 12.3. The summed E-state index contributed by atoms with van der Waals surface area (Å²) in [5.41, 5.74) is 2.08. The Morgan fingerprint density at radius 3 is 2.50 bits per heavy atom. The van der Waals surface area contributed by atoms with Crippen LogP contribution in [0.1, 0.15) is 55.8 Å². The molecule has 0 bridgehead atoms. The van der Waals surface area contributed by atoms with Gasteiger partial charge >= 0.3 is 11.7 Å². The maximum Gasteiger partial charge on any atom is 0.345 e. The Hall–Kier alpha value is -2.29. The number of hydrogen-bond acceptors (Lipinski definition) is 4. The lowest BCUT2D eigenvalue weighted by molar-refractivity contribution is -0.0598. The Morgan fingerprint density at radius 1 is 1.12 bits per heavy atom. The van der Waals surface area contributed by atoms with Gasteiger partial charge in [0.25, 0.3) is 5.56 Å². The Bertz CT molecular complexity index is 1080. The molecule has 0 radical (unpaired) electrons. The van der Waals surface area contributed by atoms with Gasteiger partial charge in [0, 0.05) is 30.0 Å². The van der Waals surface area contributed by atoms with Crippen LogP contribution >= 0.6 is 23.2 Å². The molecule has 2 N–H and O–H groups in total. The van der Waals surface area contributed by atoms with Crippen LogP contribution in [-0.2, 0) is 17.7 Å². The molecular formula is C22H28Cl2N4O4. The third-order valence-corrected chi connectivity index (χ3v) is 6.58. The molecule has 4 rings (SSSR count). The number of halogens is 2. The molecule has 1 saturated carbocycles. The normalized spacial score (nSPS) is 15.5. The molecule has 1 fully saturated rings. The number of aromatic amines is 1. The number of nitrogens with one attached hydrogen (secondary N) is 2. The third-order valence-electron chi connectivity index (χ3n) is 5.84. The quantitative estimate of drug-likeness (QED) is 0.627. The molecule has 0 saturated heterocycles. The van der Waals surface area contributed by atoms with E-state index in [0.29, 0.717) is 15.7 Å². The summed E-state index contributed by atoms with van der Waals surface area (Å²) < 4.78 is 1.49. The maximum atomic E-state index is 12.3. The number of carbonyl (C=O) groups is 1. The van der Waals surface area contributed by atoms with Crippen LogP contribution < -0.4 is 16.6 Å². The first-order valence-electron chi connectivity index (χ1n) is 10.7. The van der Waals surface area contributed by atoms with E-state index in [1.807, 2.05) is 0 Å². The van der Waals surface area contributed by atoms with Gasteiger partial charge in [0.15, 0.2) is 0 Å². The summed E-state index contributed by atoms with van der Waals surface area (Å²) in [6.07, 6.45) is 8.12. The van der Waals surface area contributed by atoms with Gasteiger partial charge in [-0.15, -0.1) is 0 Å². The highest BCUT2D eigenvalue weighted by Crippen LogP contribution is 2.27. The van der Waals surface area contributed by atoms with Gasteiger partial charge in [-0.25, -0.2) is 14.7 Å². The predicted octanol–water partition coefficient (Wildman–Crippen LogP) is 4.55. The summed E-state index contributed by atoms with van der Waals surface area (Å²) >= 11 is 11.5. The van der Waals surface area contributed by atoms with E-state index in [2.05, 4.69) is 10.3 Å². The van der Waals surface area contributed by atoms with Crippen molar-refractivity contribution in [2.75, 3.05) is 19.5 Å². The summed E-state index contributed by atoms with van der Waals surface area (Å²) in [7, 11) is 2.89. The number of nitrogens with zero attached hydrogens (tertiary/aromatic N) is 2. The highest BCUT2D eigenvalue weighted by molar-refractivity contribution is 6.42. The van der Waals surface area contributed by atoms with Gasteiger partial charge in [-0.1, -0.05) is 42.5 Å². The zero-order valence-electron chi connectivity index (χ0n) is 18.2. The van der Waals surface area contributed by atoms with Crippen molar-refractivity contribution in [2.45, 2.75) is 57.4 Å². The van der Waals surface area contributed by atoms with Crippen molar-refractivity contribution in [3.8, 4) is 0 Å². The lowest BCUT2D eigenvalue weighted by atomic mass is 9.95. The van der Waals surface area contributed by atoms with E-state index in [4.69, 9.17) is 28.0 Å². The Morgan fingerprint density at radius 2 is 1.84 bits per heavy atom. The van der Waals surface area contributed by atoms with Gasteiger partial charge in [0.2, 0.25) is 0 Å². The van der Waals surface area contributed by atoms with Crippen LogP contribution in [0.15, 0.2) is 27.8 Å². The summed E-state index contributed by atoms with van der Waals surface area (Å²) in [5.74, 6) is 0. The summed E-state index contributed by atoms with van der Waals surface area (Å²) in [5, 5.41) is 4.46. The standard InChI is InChI=1S/C13H18N2O2.C9H10Cl2N2O2/c16-12-10-7-4-8-11(10)14-13(17)15(12)9-5-2-1-3-6-9;1-13(15-2)9(14)12-6-3-4-7(10)8(11)5-6/h9H,1-8H2,(H,14,17);3-5H,1-2H3,(H,12,14). The third kappa shape index (κ3) is 5.74. The zero-order chi connectivity index (χ0) is 23.3. The van der Waals surface area contributed by atoms with Gasteiger partial charge < -0.3 is 10.3 Å². The van der Waals surface area contributed by atoms with E-state index in [-0.39, 0.29) is 17.3 Å². The number of hydroxylamine groups is 2. The second kappa shape index (κ2) is 11.0. The van der Waals surface area contributed by atoms with E-state index in [0.717, 1.165) is 61.3 Å². The molecule has 0 spiro atoms. The monoisotopic (exact) mass is 482 g/mol. The number of aromatic nitrogens is 2. The van der Waals surface area contributed by atoms with Crippen molar-refractivity contribution >= 4 is 34.9 Å². The molecule has 0 aliphatic heterocycles. The van der Waals surface area contributed by atoms with Crippen molar-refractivity contribution < 1.29 is 9.63 Å². The topological polar surface area (TPSA) is 96.4 Å².